The van der Waals surface area contributed by atoms with E-state index in [0.717, 1.165) is 16.8 Å². The molecule has 0 aliphatic carbocycles. The summed E-state index contributed by atoms with van der Waals surface area (Å²) in [7, 11) is 0. The first-order valence-electron chi connectivity index (χ1n) is 8.47. The van der Waals surface area contributed by atoms with Gasteiger partial charge < -0.3 is 10.6 Å². The zero-order valence-electron chi connectivity index (χ0n) is 15.0. The third-order valence-corrected chi connectivity index (χ3v) is 3.97. The third kappa shape index (κ3) is 4.79. The van der Waals surface area contributed by atoms with Crippen LogP contribution in [0.5, 0.6) is 0 Å². The van der Waals surface area contributed by atoms with Gasteiger partial charge in [-0.3, -0.25) is 9.59 Å². The topological polar surface area (TPSA) is 58.2 Å². The first-order chi connectivity index (χ1) is 12.9. The van der Waals surface area contributed by atoms with E-state index < -0.39 is 5.82 Å². The van der Waals surface area contributed by atoms with E-state index in [4.69, 9.17) is 0 Å². The Morgan fingerprint density at radius 2 is 1.22 bits per heavy atom. The first kappa shape index (κ1) is 18.3. The minimum Gasteiger partial charge on any atom is -0.322 e. The van der Waals surface area contributed by atoms with Crippen LogP contribution >= 0.6 is 0 Å². The normalized spacial score (nSPS) is 10.3. The van der Waals surface area contributed by atoms with Gasteiger partial charge in [0.15, 0.2) is 0 Å². The highest BCUT2D eigenvalue weighted by atomic mass is 19.1. The van der Waals surface area contributed by atoms with Crippen LogP contribution in [0.2, 0.25) is 0 Å². The fourth-order valence-electron chi connectivity index (χ4n) is 2.79. The second-order valence-corrected chi connectivity index (χ2v) is 6.37. The largest absolute Gasteiger partial charge is 0.322 e. The van der Waals surface area contributed by atoms with Gasteiger partial charge in [-0.25, -0.2) is 4.39 Å². The molecule has 0 fully saturated rings. The minimum atomic E-state index is -0.425. The molecular formula is C22H19FN2O2. The van der Waals surface area contributed by atoms with Crippen LogP contribution in [0.25, 0.3) is 0 Å². The summed E-state index contributed by atoms with van der Waals surface area (Å²) in [5, 5.41) is 5.47. The fraction of sp³-hybridized carbons (Fsp3) is 0.0909. The number of nitrogens with one attached hydrogen (secondary N) is 2. The summed E-state index contributed by atoms with van der Waals surface area (Å²) in [5.41, 5.74) is 4.05. The average molecular weight is 362 g/mol. The van der Waals surface area contributed by atoms with E-state index in [1.54, 1.807) is 30.3 Å². The number of aryl methyl sites for hydroxylation is 2. The molecule has 3 aromatic carbocycles. The molecule has 0 saturated heterocycles. The predicted molar refractivity (Wildman–Crippen MR) is 105 cm³/mol. The van der Waals surface area contributed by atoms with Crippen molar-refractivity contribution >= 4 is 23.2 Å². The molecule has 0 spiro atoms. The molecule has 136 valence electrons. The Balaban J connectivity index is 1.68. The molecule has 0 saturated carbocycles. The summed E-state index contributed by atoms with van der Waals surface area (Å²) >= 11 is 0. The molecule has 27 heavy (non-hydrogen) atoms. The van der Waals surface area contributed by atoms with Crippen LogP contribution in [0.4, 0.5) is 15.8 Å². The van der Waals surface area contributed by atoms with E-state index in [1.165, 1.54) is 18.2 Å². The zero-order valence-corrected chi connectivity index (χ0v) is 15.0. The molecule has 0 bridgehead atoms. The molecule has 0 aliphatic rings. The van der Waals surface area contributed by atoms with E-state index in [9.17, 15) is 14.0 Å². The Bertz CT molecular complexity index is 977. The molecule has 0 unspecified atom stereocenters. The van der Waals surface area contributed by atoms with Gasteiger partial charge in [0.1, 0.15) is 5.82 Å². The van der Waals surface area contributed by atoms with Gasteiger partial charge in [-0.05, 0) is 79.6 Å². The van der Waals surface area contributed by atoms with Gasteiger partial charge in [0.25, 0.3) is 11.8 Å². The lowest BCUT2D eigenvalue weighted by Gasteiger charge is -2.09. The number of halogens is 1. The molecule has 2 amide bonds. The monoisotopic (exact) mass is 362 g/mol. The first-order valence-corrected chi connectivity index (χ1v) is 8.47. The average Bonchev–Trinajstić information content (AvgIpc) is 2.61. The van der Waals surface area contributed by atoms with E-state index in [0.29, 0.717) is 16.8 Å². The maximum absolute atomic E-state index is 13.2. The van der Waals surface area contributed by atoms with Crippen molar-refractivity contribution < 1.29 is 14.0 Å². The van der Waals surface area contributed by atoms with Crippen molar-refractivity contribution in [3.63, 3.8) is 0 Å². The Morgan fingerprint density at radius 1 is 0.704 bits per heavy atom. The molecule has 3 rings (SSSR count). The number of hydrogen-bond donors (Lipinski definition) is 2. The summed E-state index contributed by atoms with van der Waals surface area (Å²) in [5.74, 6) is -1.05. The molecule has 3 aromatic rings. The smallest absolute Gasteiger partial charge is 0.255 e. The van der Waals surface area contributed by atoms with Crippen molar-refractivity contribution in [1.29, 1.82) is 0 Å². The predicted octanol–water partition coefficient (Wildman–Crippen LogP) is 4.95. The molecule has 0 aromatic heterocycles. The Hall–Kier alpha value is -3.47. The molecular weight excluding hydrogens is 343 g/mol. The SMILES string of the molecule is Cc1cc(C)cc(NC(=O)c2ccc(C(=O)Nc3cccc(F)c3)cc2)c1. The highest BCUT2D eigenvalue weighted by Crippen LogP contribution is 2.16. The number of carbonyl (C=O) groups excluding carboxylic acids is 2. The van der Waals surface area contributed by atoms with Gasteiger partial charge >= 0.3 is 0 Å². The van der Waals surface area contributed by atoms with Crippen LogP contribution in [0.1, 0.15) is 31.8 Å². The van der Waals surface area contributed by atoms with Crippen LogP contribution in [0, 0.1) is 19.7 Å². The van der Waals surface area contributed by atoms with Gasteiger partial charge in [0.05, 0.1) is 0 Å². The number of rotatable bonds is 4. The summed E-state index contributed by atoms with van der Waals surface area (Å²) in [6.07, 6.45) is 0. The van der Waals surface area contributed by atoms with E-state index in [2.05, 4.69) is 10.6 Å². The second kappa shape index (κ2) is 7.83. The molecule has 5 heteroatoms. The van der Waals surface area contributed by atoms with E-state index in [-0.39, 0.29) is 11.8 Å². The van der Waals surface area contributed by atoms with Gasteiger partial charge in [-0.2, -0.15) is 0 Å². The zero-order chi connectivity index (χ0) is 19.4. The molecule has 0 heterocycles. The van der Waals surface area contributed by atoms with Crippen molar-refractivity contribution in [3.8, 4) is 0 Å². The second-order valence-electron chi connectivity index (χ2n) is 6.37. The number of anilines is 2. The molecule has 2 N–H and O–H groups in total. The van der Waals surface area contributed by atoms with Gasteiger partial charge in [0, 0.05) is 22.5 Å². The van der Waals surface area contributed by atoms with Crippen molar-refractivity contribution in [2.45, 2.75) is 13.8 Å². The maximum atomic E-state index is 13.2. The van der Waals surface area contributed by atoms with Crippen LogP contribution in [0.3, 0.4) is 0 Å². The van der Waals surface area contributed by atoms with Crippen LogP contribution in [0.15, 0.2) is 66.7 Å². The van der Waals surface area contributed by atoms with Crippen LogP contribution < -0.4 is 10.6 Å². The summed E-state index contributed by atoms with van der Waals surface area (Å²) < 4.78 is 13.2. The Kier molecular flexibility index (Phi) is 5.31. The molecule has 0 aliphatic heterocycles. The summed E-state index contributed by atoms with van der Waals surface area (Å²) in [6, 6.07) is 17.8. The fourth-order valence-corrected chi connectivity index (χ4v) is 2.79. The summed E-state index contributed by atoms with van der Waals surface area (Å²) in [6.45, 7) is 3.93. The third-order valence-electron chi connectivity index (χ3n) is 3.97. The molecule has 0 atom stereocenters. The lowest BCUT2D eigenvalue weighted by atomic mass is 10.1. The highest BCUT2D eigenvalue weighted by Gasteiger charge is 2.10. The van der Waals surface area contributed by atoms with Crippen molar-refractivity contribution in [3.05, 3.63) is 94.8 Å². The van der Waals surface area contributed by atoms with E-state index >= 15 is 0 Å². The standard InChI is InChI=1S/C22H19FN2O2/c1-14-10-15(2)12-20(11-14)25-22(27)17-8-6-16(7-9-17)21(26)24-19-5-3-4-18(23)13-19/h3-13H,1-2H3,(H,24,26)(H,25,27). The number of carbonyl (C=O) groups is 2. The minimum absolute atomic E-state index is 0.253. The maximum Gasteiger partial charge on any atom is 0.255 e. The summed E-state index contributed by atoms with van der Waals surface area (Å²) in [4.78, 5) is 24.6. The molecule has 4 nitrogen and oxygen atoms in total. The van der Waals surface area contributed by atoms with Crippen LogP contribution in [-0.4, -0.2) is 11.8 Å². The number of benzene rings is 3. The van der Waals surface area contributed by atoms with Crippen molar-refractivity contribution in [2.75, 3.05) is 10.6 Å². The Labute approximate surface area is 157 Å². The van der Waals surface area contributed by atoms with Gasteiger partial charge in [0.2, 0.25) is 0 Å². The molecule has 0 radical (unpaired) electrons. The quantitative estimate of drug-likeness (QED) is 0.690. The van der Waals surface area contributed by atoms with Crippen molar-refractivity contribution in [1.82, 2.24) is 0 Å². The van der Waals surface area contributed by atoms with Crippen LogP contribution in [-0.2, 0) is 0 Å². The highest BCUT2D eigenvalue weighted by molar-refractivity contribution is 6.07. The van der Waals surface area contributed by atoms with Crippen molar-refractivity contribution in [2.24, 2.45) is 0 Å². The Morgan fingerprint density at radius 3 is 1.74 bits per heavy atom. The van der Waals surface area contributed by atoms with Gasteiger partial charge in [-0.15, -0.1) is 0 Å². The number of hydrogen-bond acceptors (Lipinski definition) is 2. The van der Waals surface area contributed by atoms with Gasteiger partial charge in [-0.1, -0.05) is 12.1 Å². The number of amides is 2. The lowest BCUT2D eigenvalue weighted by molar-refractivity contribution is 0.101. The lowest BCUT2D eigenvalue weighted by Crippen LogP contribution is -2.14. The van der Waals surface area contributed by atoms with E-state index in [1.807, 2.05) is 32.0 Å².